The molecule has 10 heteroatoms. The smallest absolute Gasteiger partial charge is 0.545 e. The Morgan fingerprint density at radius 1 is 0.818 bits per heavy atom. The van der Waals surface area contributed by atoms with Crippen LogP contribution in [0.15, 0.2) is 0 Å². The van der Waals surface area contributed by atoms with E-state index >= 15 is 0 Å². The van der Waals surface area contributed by atoms with E-state index < -0.39 is 49.0 Å². The van der Waals surface area contributed by atoms with Crippen LogP contribution < -0.4 is 59.1 Å². The van der Waals surface area contributed by atoms with Crippen LogP contribution in [0, 0.1) is 13.2 Å². The minimum absolute atomic E-state index is 0. The van der Waals surface area contributed by atoms with E-state index in [0.29, 0.717) is 0 Å². The molecule has 0 aromatic heterocycles. The Balaban J connectivity index is 0.00000220. The molecule has 2 aliphatic heterocycles. The summed E-state index contributed by atoms with van der Waals surface area (Å²) < 4.78 is 20.5. The van der Waals surface area contributed by atoms with Crippen LogP contribution in [0.25, 0.3) is 0 Å². The number of rotatable bonds is 3. The second kappa shape index (κ2) is 10.6. The molecule has 4 N–H and O–H groups in total. The molecule has 8 atom stereocenters. The molecule has 0 amide bonds. The maximum absolute atomic E-state index is 9.87. The van der Waals surface area contributed by atoms with Gasteiger partial charge in [0.2, 0.25) is 0 Å². The van der Waals surface area contributed by atoms with Crippen LogP contribution >= 0.6 is 0 Å². The van der Waals surface area contributed by atoms with Crippen molar-refractivity contribution in [2.45, 2.75) is 55.9 Å². The number of hydrogen-bond acceptors (Lipinski definition) is 8. The Morgan fingerprint density at radius 2 is 1.36 bits per heavy atom. The minimum Gasteiger partial charge on any atom is -0.545 e. The van der Waals surface area contributed by atoms with Crippen LogP contribution in [0.1, 0.15) is 6.92 Å². The van der Waals surface area contributed by atoms with Crippen LogP contribution in [0.4, 0.5) is 0 Å². The molecule has 0 spiro atoms. The van der Waals surface area contributed by atoms with E-state index in [0.717, 1.165) is 0 Å². The molecule has 2 aliphatic rings. The van der Waals surface area contributed by atoms with Gasteiger partial charge in [-0.2, -0.15) is 13.2 Å². The summed E-state index contributed by atoms with van der Waals surface area (Å²) in [5.41, 5.74) is 0. The summed E-state index contributed by atoms with van der Waals surface area (Å²) in [5.74, 6) is 0. The van der Waals surface area contributed by atoms with Gasteiger partial charge in [-0.15, -0.1) is 0 Å². The first-order valence-electron chi connectivity index (χ1n) is 6.33. The fourth-order valence-corrected chi connectivity index (χ4v) is 2.08. The monoisotopic (exact) mass is 338 g/mol. The van der Waals surface area contributed by atoms with Gasteiger partial charge in [0.15, 0.2) is 6.29 Å². The summed E-state index contributed by atoms with van der Waals surface area (Å²) in [5, 5.41) is 39.2. The summed E-state index contributed by atoms with van der Waals surface area (Å²) in [6.45, 7) is 4.04. The van der Waals surface area contributed by atoms with Gasteiger partial charge in [-0.1, -0.05) is 0 Å². The second-order valence-electron chi connectivity index (χ2n) is 4.88. The fraction of sp³-hybridized carbons (Fsp3) is 0.833. The van der Waals surface area contributed by atoms with Crippen molar-refractivity contribution >= 4 is 0 Å². The summed E-state index contributed by atoms with van der Waals surface area (Å²) in [4.78, 5) is 0. The summed E-state index contributed by atoms with van der Waals surface area (Å²) in [6.07, 6.45) is -8.43. The van der Waals surface area contributed by atoms with Gasteiger partial charge in [-0.05, 0) is 19.1 Å². The van der Waals surface area contributed by atoms with E-state index in [1.54, 1.807) is 6.92 Å². The molecule has 2 fully saturated rings. The number of methoxy groups -OCH3 is 1. The predicted molar refractivity (Wildman–Crippen MR) is 63.7 cm³/mol. The van der Waals surface area contributed by atoms with Crippen LogP contribution in [-0.4, -0.2) is 76.6 Å². The van der Waals surface area contributed by atoms with Crippen molar-refractivity contribution < 1.29 is 98.5 Å². The molecule has 2 rings (SSSR count). The zero-order valence-electron chi connectivity index (χ0n) is 13.2. The number of aliphatic hydroxyl groups excluding tert-OH is 4. The summed E-state index contributed by atoms with van der Waals surface area (Å²) >= 11 is 0. The van der Waals surface area contributed by atoms with E-state index in [4.69, 9.17) is 18.9 Å². The Bertz CT molecular complexity index is 324. The number of ether oxygens (including phenoxy) is 4. The molecule has 0 aromatic carbocycles. The molecular formula is C12H20Na2O8. The van der Waals surface area contributed by atoms with Crippen molar-refractivity contribution in [2.24, 2.45) is 0 Å². The van der Waals surface area contributed by atoms with Crippen molar-refractivity contribution in [3.63, 3.8) is 0 Å². The minimum atomic E-state index is -1.36. The summed E-state index contributed by atoms with van der Waals surface area (Å²) in [7, 11) is 1.37. The Kier molecular flexibility index (Phi) is 11.4. The van der Waals surface area contributed by atoms with Gasteiger partial charge in [0.1, 0.15) is 12.2 Å². The fourth-order valence-electron chi connectivity index (χ4n) is 2.08. The second-order valence-corrected chi connectivity index (χ2v) is 4.88. The van der Waals surface area contributed by atoms with Crippen molar-refractivity contribution in [2.75, 3.05) is 7.11 Å². The molecule has 2 heterocycles. The van der Waals surface area contributed by atoms with E-state index in [2.05, 4.69) is 0 Å². The molecule has 0 saturated carbocycles. The van der Waals surface area contributed by atoms with Crippen LogP contribution in [0.2, 0.25) is 0 Å². The summed E-state index contributed by atoms with van der Waals surface area (Å²) in [6, 6.07) is 0. The molecule has 22 heavy (non-hydrogen) atoms. The molecule has 2 saturated heterocycles. The van der Waals surface area contributed by atoms with Crippen LogP contribution in [0.3, 0.4) is 0 Å². The predicted octanol–water partition coefficient (Wildman–Crippen LogP) is -8.06. The zero-order chi connectivity index (χ0) is 14.9. The van der Waals surface area contributed by atoms with E-state index in [-0.39, 0.29) is 59.1 Å². The third-order valence-corrected chi connectivity index (χ3v) is 3.47. The topological polar surface area (TPSA) is 118 Å². The van der Waals surface area contributed by atoms with Gasteiger partial charge >= 0.3 is 59.1 Å². The van der Waals surface area contributed by atoms with E-state index in [9.17, 15) is 20.4 Å². The van der Waals surface area contributed by atoms with Crippen LogP contribution in [0.5, 0.6) is 0 Å². The standard InChI is InChI=1S/C12H20O8.2Na/c1-5-8(13)10(15)7(4-18-5)20-12-11(16)9(14)6(17-2)3-19-12;;/h3-16H,1-2H3;;/q-2;2*+1. The van der Waals surface area contributed by atoms with Crippen molar-refractivity contribution in [3.05, 3.63) is 13.2 Å². The molecule has 0 radical (unpaired) electrons. The largest absolute Gasteiger partial charge is 1.00 e. The maximum Gasteiger partial charge on any atom is 1.00 e. The van der Waals surface area contributed by atoms with Gasteiger partial charge < -0.3 is 39.4 Å². The average molecular weight is 338 g/mol. The van der Waals surface area contributed by atoms with Gasteiger partial charge in [-0.25, -0.2) is 0 Å². The third kappa shape index (κ3) is 5.34. The number of aliphatic hydroxyl groups is 4. The molecule has 0 aromatic rings. The normalized spacial score (nSPS) is 45.5. The van der Waals surface area contributed by atoms with Crippen LogP contribution in [-0.2, 0) is 18.9 Å². The van der Waals surface area contributed by atoms with Gasteiger partial charge in [0, 0.05) is 13.2 Å². The molecule has 0 bridgehead atoms. The molecule has 0 aliphatic carbocycles. The SMILES string of the molecule is COC1[CH-]OC(OC2[CH-]OC(C)C(O)C2O)C(O)C1O.[Na+].[Na+]. The van der Waals surface area contributed by atoms with Crippen molar-refractivity contribution in [3.8, 4) is 0 Å². The first-order chi connectivity index (χ1) is 9.45. The van der Waals surface area contributed by atoms with Crippen molar-refractivity contribution in [1.29, 1.82) is 0 Å². The quantitative estimate of drug-likeness (QED) is 0.296. The third-order valence-electron chi connectivity index (χ3n) is 3.47. The number of hydrogen-bond donors (Lipinski definition) is 4. The van der Waals surface area contributed by atoms with E-state index in [1.807, 2.05) is 0 Å². The molecular weight excluding hydrogens is 318 g/mol. The first-order valence-corrected chi connectivity index (χ1v) is 6.33. The zero-order valence-corrected chi connectivity index (χ0v) is 17.2. The molecule has 8 unspecified atom stereocenters. The Hall–Kier alpha value is 1.68. The average Bonchev–Trinajstić information content (AvgIpc) is 2.44. The maximum atomic E-state index is 9.87. The molecule has 8 nitrogen and oxygen atoms in total. The van der Waals surface area contributed by atoms with E-state index in [1.165, 1.54) is 20.3 Å². The van der Waals surface area contributed by atoms with Crippen molar-refractivity contribution in [1.82, 2.24) is 0 Å². The van der Waals surface area contributed by atoms with Gasteiger partial charge in [0.05, 0.1) is 12.2 Å². The Morgan fingerprint density at radius 3 is 1.95 bits per heavy atom. The van der Waals surface area contributed by atoms with Gasteiger partial charge in [-0.3, -0.25) is 0 Å². The first kappa shape index (κ1) is 23.7. The Labute approximate surface area is 173 Å². The molecule has 118 valence electrons. The van der Waals surface area contributed by atoms with Gasteiger partial charge in [0.25, 0.3) is 0 Å².